The van der Waals surface area contributed by atoms with Crippen molar-refractivity contribution in [2.75, 3.05) is 26.7 Å². The van der Waals surface area contributed by atoms with Gasteiger partial charge in [-0.25, -0.2) is 0 Å². The van der Waals surface area contributed by atoms with Crippen molar-refractivity contribution in [1.29, 1.82) is 0 Å². The summed E-state index contributed by atoms with van der Waals surface area (Å²) in [4.78, 5) is 27.1. The first-order chi connectivity index (χ1) is 23.3. The van der Waals surface area contributed by atoms with Gasteiger partial charge in [-0.2, -0.15) is 0 Å². The van der Waals surface area contributed by atoms with E-state index in [0.717, 1.165) is 24.7 Å². The van der Waals surface area contributed by atoms with Gasteiger partial charge in [0.05, 0.1) is 12.8 Å². The second-order valence-electron chi connectivity index (χ2n) is 21.1. The van der Waals surface area contributed by atoms with Gasteiger partial charge in [-0.1, -0.05) is 60.6 Å². The van der Waals surface area contributed by atoms with Crippen LogP contribution < -0.4 is 5.32 Å². The van der Waals surface area contributed by atoms with E-state index in [1.165, 1.54) is 95.8 Å². The molecule has 6 rings (SSSR count). The lowest BCUT2D eigenvalue weighted by Gasteiger charge is -2.73. The minimum Gasteiger partial charge on any atom is -0.481 e. The third-order valence-electron chi connectivity index (χ3n) is 17.5. The molecule has 5 unspecified atom stereocenters. The number of carbonyl (C=O) groups is 2. The van der Waals surface area contributed by atoms with Crippen LogP contribution in [0.1, 0.15) is 152 Å². The summed E-state index contributed by atoms with van der Waals surface area (Å²) < 4.78 is 6.31. The normalized spacial score (nSPS) is 43.2. The van der Waals surface area contributed by atoms with Crippen molar-refractivity contribution in [3.63, 3.8) is 0 Å². The number of carboxylic acid groups (broad SMARTS) is 1. The fraction of sp³-hybridized carbons (Fsp3) is 0.909. The van der Waals surface area contributed by atoms with Crippen LogP contribution in [0.5, 0.6) is 0 Å². The number of rotatable bonds is 10. The molecule has 0 spiro atoms. The molecule has 1 heterocycles. The molecule has 284 valence electrons. The summed E-state index contributed by atoms with van der Waals surface area (Å²) in [5.74, 6) is 2.29. The van der Waals surface area contributed by atoms with Gasteiger partial charge >= 0.3 is 11.9 Å². The topological polar surface area (TPSA) is 78.9 Å². The lowest BCUT2D eigenvalue weighted by atomic mass is 9.32. The zero-order chi connectivity index (χ0) is 36.5. The highest BCUT2D eigenvalue weighted by molar-refractivity contribution is 5.73. The lowest BCUT2D eigenvalue weighted by molar-refractivity contribution is -0.250. The van der Waals surface area contributed by atoms with Gasteiger partial charge in [0.15, 0.2) is 0 Å². The first-order valence-electron chi connectivity index (χ1n) is 20.8. The Kier molecular flexibility index (Phi) is 10.3. The molecule has 0 bridgehead atoms. The van der Waals surface area contributed by atoms with Crippen LogP contribution in [0.3, 0.4) is 0 Å². The Bertz CT molecular complexity index is 1300. The molecule has 5 aliphatic carbocycles. The second-order valence-corrected chi connectivity index (χ2v) is 21.1. The van der Waals surface area contributed by atoms with E-state index in [2.05, 4.69) is 65.4 Å². The SMILES string of the molecule is C=C(C)C1CC[C@]2(CCNC3CCN(C)CC3)CC[C@]3(C)[C@H](CCC4[C@@]5(C)CCC(OC(=O)CC(C)(C)CC(=O)O)C(C)(C)C5CC[C@]43C)C12. The van der Waals surface area contributed by atoms with Crippen molar-refractivity contribution in [3.05, 3.63) is 12.2 Å². The minimum atomic E-state index is -0.864. The average Bonchev–Trinajstić information content (AvgIpc) is 3.39. The van der Waals surface area contributed by atoms with Gasteiger partial charge in [0, 0.05) is 11.5 Å². The monoisotopic (exact) mass is 695 g/mol. The standard InChI is InChI=1S/C44H74N2O4/c1-29(2)31-13-20-44(23-24-45-30-16-25-46(10)26-17-30)22-21-42(8)32(38(31)44)11-12-34-41(7)18-15-35(40(5,6)33(41)14-19-43(34,42)9)50-37(49)28-39(3,4)27-36(47)48/h30-35,38,45H,1,11-28H2,2-10H3,(H,47,48)/t31?,32-,33?,34?,35?,38?,41+,42-,43-,44-/m1/s1. The van der Waals surface area contributed by atoms with Gasteiger partial charge in [0.2, 0.25) is 0 Å². The molecule has 6 aliphatic rings. The number of carbonyl (C=O) groups excluding carboxylic acids is 1. The number of nitrogens with zero attached hydrogens (tertiary/aromatic N) is 1. The van der Waals surface area contributed by atoms with E-state index in [4.69, 9.17) is 4.74 Å². The summed E-state index contributed by atoms with van der Waals surface area (Å²) in [6.07, 6.45) is 16.6. The van der Waals surface area contributed by atoms with E-state index in [0.29, 0.717) is 40.0 Å². The van der Waals surface area contributed by atoms with Crippen molar-refractivity contribution in [2.45, 2.75) is 164 Å². The molecule has 0 aromatic rings. The predicted molar refractivity (Wildman–Crippen MR) is 203 cm³/mol. The molecule has 6 nitrogen and oxygen atoms in total. The molecule has 0 aromatic carbocycles. The first-order valence-corrected chi connectivity index (χ1v) is 20.8. The molecule has 0 radical (unpaired) electrons. The Morgan fingerprint density at radius 2 is 1.56 bits per heavy atom. The highest BCUT2D eigenvalue weighted by atomic mass is 16.5. The molecule has 1 saturated heterocycles. The van der Waals surface area contributed by atoms with Crippen LogP contribution in [0.4, 0.5) is 0 Å². The Morgan fingerprint density at radius 1 is 0.860 bits per heavy atom. The maximum Gasteiger partial charge on any atom is 0.306 e. The van der Waals surface area contributed by atoms with Crippen LogP contribution in [-0.2, 0) is 14.3 Å². The van der Waals surface area contributed by atoms with Gasteiger partial charge in [-0.3, -0.25) is 9.59 Å². The number of aliphatic carboxylic acids is 1. The molecular weight excluding hydrogens is 620 g/mol. The number of esters is 1. The van der Waals surface area contributed by atoms with Crippen molar-refractivity contribution in [2.24, 2.45) is 62.1 Å². The van der Waals surface area contributed by atoms with Gasteiger partial charge < -0.3 is 20.1 Å². The summed E-state index contributed by atoms with van der Waals surface area (Å²) in [7, 11) is 2.26. The Balaban J connectivity index is 1.19. The summed E-state index contributed by atoms with van der Waals surface area (Å²) >= 11 is 0. The molecule has 0 amide bonds. The third-order valence-corrected chi connectivity index (χ3v) is 17.5. The number of allylic oxidation sites excluding steroid dienone is 1. The summed E-state index contributed by atoms with van der Waals surface area (Å²) in [5, 5.41) is 13.4. The number of hydrogen-bond acceptors (Lipinski definition) is 5. The Morgan fingerprint density at radius 3 is 2.22 bits per heavy atom. The number of hydrogen-bond donors (Lipinski definition) is 2. The number of ether oxygens (including phenoxy) is 1. The molecule has 6 heteroatoms. The lowest BCUT2D eigenvalue weighted by Crippen LogP contribution is -2.66. The van der Waals surface area contributed by atoms with E-state index >= 15 is 0 Å². The summed E-state index contributed by atoms with van der Waals surface area (Å²) in [6.45, 7) is 27.2. The van der Waals surface area contributed by atoms with Crippen LogP contribution in [0.25, 0.3) is 0 Å². The maximum absolute atomic E-state index is 13.2. The van der Waals surface area contributed by atoms with Crippen molar-refractivity contribution < 1.29 is 19.4 Å². The predicted octanol–water partition coefficient (Wildman–Crippen LogP) is 9.52. The van der Waals surface area contributed by atoms with Gasteiger partial charge in [0.25, 0.3) is 0 Å². The number of nitrogens with one attached hydrogen (secondary N) is 1. The van der Waals surface area contributed by atoms with E-state index in [9.17, 15) is 14.7 Å². The van der Waals surface area contributed by atoms with Crippen molar-refractivity contribution in [1.82, 2.24) is 10.2 Å². The molecule has 6 fully saturated rings. The summed E-state index contributed by atoms with van der Waals surface area (Å²) in [6, 6.07) is 0.685. The zero-order valence-electron chi connectivity index (χ0n) is 33.6. The number of piperidine rings is 1. The van der Waals surface area contributed by atoms with Crippen LogP contribution in [0.2, 0.25) is 0 Å². The molecule has 2 N–H and O–H groups in total. The van der Waals surface area contributed by atoms with Gasteiger partial charge in [-0.15, -0.1) is 0 Å². The minimum absolute atomic E-state index is 0.0265. The smallest absolute Gasteiger partial charge is 0.306 e. The number of carboxylic acids is 1. The largest absolute Gasteiger partial charge is 0.481 e. The van der Waals surface area contributed by atoms with Gasteiger partial charge in [0.1, 0.15) is 6.10 Å². The van der Waals surface area contributed by atoms with E-state index in [-0.39, 0.29) is 35.7 Å². The first kappa shape index (κ1) is 38.3. The molecule has 10 atom stereocenters. The van der Waals surface area contributed by atoms with Crippen molar-refractivity contribution in [3.8, 4) is 0 Å². The maximum atomic E-state index is 13.2. The van der Waals surface area contributed by atoms with Crippen LogP contribution in [0, 0.1) is 62.1 Å². The zero-order valence-corrected chi connectivity index (χ0v) is 33.6. The third kappa shape index (κ3) is 6.45. The summed E-state index contributed by atoms with van der Waals surface area (Å²) in [5.41, 5.74) is 2.04. The van der Waals surface area contributed by atoms with Crippen LogP contribution in [-0.4, -0.2) is 60.8 Å². The molecule has 50 heavy (non-hydrogen) atoms. The number of likely N-dealkylation sites (tertiary alicyclic amines) is 1. The van der Waals surface area contributed by atoms with E-state index in [1.54, 1.807) is 0 Å². The Hall–Kier alpha value is -1.40. The van der Waals surface area contributed by atoms with E-state index in [1.807, 2.05) is 13.8 Å². The fourth-order valence-electron chi connectivity index (χ4n) is 14.7. The Labute approximate surface area is 305 Å². The highest BCUT2D eigenvalue weighted by Gasteiger charge is 2.71. The molecule has 5 saturated carbocycles. The second kappa shape index (κ2) is 13.5. The van der Waals surface area contributed by atoms with E-state index < -0.39 is 11.4 Å². The average molecular weight is 695 g/mol. The van der Waals surface area contributed by atoms with Crippen molar-refractivity contribution >= 4 is 11.9 Å². The molecule has 1 aliphatic heterocycles. The number of fused-ring (bicyclic) bond motifs is 7. The quantitative estimate of drug-likeness (QED) is 0.175. The molecular formula is C44H74N2O4. The fourth-order valence-corrected chi connectivity index (χ4v) is 14.7. The van der Waals surface area contributed by atoms with Gasteiger partial charge in [-0.05, 0) is 174 Å². The molecule has 0 aromatic heterocycles. The van der Waals surface area contributed by atoms with Crippen LogP contribution in [0.15, 0.2) is 12.2 Å². The van der Waals surface area contributed by atoms with Crippen LogP contribution >= 0.6 is 0 Å². The highest BCUT2D eigenvalue weighted by Crippen LogP contribution is 2.78.